The van der Waals surface area contributed by atoms with Crippen molar-refractivity contribution in [2.24, 2.45) is 21.5 Å². The van der Waals surface area contributed by atoms with Crippen molar-refractivity contribution in [1.29, 1.82) is 0 Å². The summed E-state index contributed by atoms with van der Waals surface area (Å²) in [6, 6.07) is 15.0. The van der Waals surface area contributed by atoms with Crippen molar-refractivity contribution in [3.05, 3.63) is 59.7 Å². The molecule has 1 aliphatic carbocycles. The maximum absolute atomic E-state index is 11.7. The van der Waals surface area contributed by atoms with E-state index >= 15 is 0 Å². The lowest BCUT2D eigenvalue weighted by atomic mass is 9.87. The van der Waals surface area contributed by atoms with E-state index in [0.29, 0.717) is 12.2 Å². The number of nitrogens with zero attached hydrogens (tertiary/aromatic N) is 3. The maximum atomic E-state index is 11.7. The number of aliphatic imine (C=N–C) groups is 2. The van der Waals surface area contributed by atoms with Crippen LogP contribution < -0.4 is 21.7 Å². The van der Waals surface area contributed by atoms with Crippen LogP contribution >= 0.6 is 0 Å². The quantitative estimate of drug-likeness (QED) is 0.604. The zero-order chi connectivity index (χ0) is 21.1. The molecule has 2 aliphatic rings. The summed E-state index contributed by atoms with van der Waals surface area (Å²) in [7, 11) is 0. The number of anilines is 2. The van der Waals surface area contributed by atoms with Gasteiger partial charge in [0.25, 0.3) is 0 Å². The molecular formula is C22H26N6O2. The SMILES string of the molecule is NC1=NC2(CCCCC2)N(c2cc(C(=O)O)ccc2NCc2ccccc2)C(N)=N1. The summed E-state index contributed by atoms with van der Waals surface area (Å²) in [5.41, 5.74) is 14.4. The smallest absolute Gasteiger partial charge is 0.335 e. The number of guanidine groups is 2. The summed E-state index contributed by atoms with van der Waals surface area (Å²) in [6.07, 6.45) is 4.66. The fraction of sp³-hybridized carbons (Fsp3) is 0.318. The van der Waals surface area contributed by atoms with Crippen molar-refractivity contribution >= 4 is 29.3 Å². The predicted octanol–water partition coefficient (Wildman–Crippen LogP) is 3.11. The molecule has 2 aromatic carbocycles. The van der Waals surface area contributed by atoms with Gasteiger partial charge in [0.05, 0.1) is 16.9 Å². The Morgan fingerprint density at radius 1 is 1.10 bits per heavy atom. The summed E-state index contributed by atoms with van der Waals surface area (Å²) in [4.78, 5) is 22.4. The first-order chi connectivity index (χ1) is 14.5. The minimum absolute atomic E-state index is 0.166. The normalized spacial score (nSPS) is 17.9. The monoisotopic (exact) mass is 406 g/mol. The first-order valence-corrected chi connectivity index (χ1v) is 10.1. The first-order valence-electron chi connectivity index (χ1n) is 10.1. The molecule has 30 heavy (non-hydrogen) atoms. The van der Waals surface area contributed by atoms with Crippen molar-refractivity contribution in [2.45, 2.75) is 44.3 Å². The van der Waals surface area contributed by atoms with Crippen molar-refractivity contribution < 1.29 is 9.90 Å². The average Bonchev–Trinajstić information content (AvgIpc) is 2.73. The fourth-order valence-electron chi connectivity index (χ4n) is 4.26. The van der Waals surface area contributed by atoms with Gasteiger partial charge in [0.15, 0.2) is 0 Å². The molecule has 0 bridgehead atoms. The summed E-state index contributed by atoms with van der Waals surface area (Å²) < 4.78 is 0. The van der Waals surface area contributed by atoms with Crippen LogP contribution in [0.2, 0.25) is 0 Å². The molecule has 8 nitrogen and oxygen atoms in total. The predicted molar refractivity (Wildman–Crippen MR) is 119 cm³/mol. The van der Waals surface area contributed by atoms with Gasteiger partial charge in [-0.25, -0.2) is 9.79 Å². The second-order valence-corrected chi connectivity index (χ2v) is 7.69. The molecule has 8 heteroatoms. The number of hydrogen-bond acceptors (Lipinski definition) is 7. The van der Waals surface area contributed by atoms with Crippen LogP contribution in [0.1, 0.15) is 48.0 Å². The molecule has 1 spiro atoms. The Labute approximate surface area is 175 Å². The Bertz CT molecular complexity index is 996. The van der Waals surface area contributed by atoms with Gasteiger partial charge in [-0.05, 0) is 49.4 Å². The molecule has 0 radical (unpaired) electrons. The molecule has 6 N–H and O–H groups in total. The lowest BCUT2D eigenvalue weighted by Crippen LogP contribution is -2.58. The number of carbonyl (C=O) groups is 1. The highest BCUT2D eigenvalue weighted by Gasteiger charge is 2.43. The van der Waals surface area contributed by atoms with Gasteiger partial charge < -0.3 is 21.9 Å². The van der Waals surface area contributed by atoms with Crippen LogP contribution in [-0.2, 0) is 6.54 Å². The highest BCUT2D eigenvalue weighted by atomic mass is 16.4. The molecule has 1 fully saturated rings. The van der Waals surface area contributed by atoms with Gasteiger partial charge in [0.1, 0.15) is 5.66 Å². The molecule has 2 aromatic rings. The third kappa shape index (κ3) is 3.80. The van der Waals surface area contributed by atoms with E-state index < -0.39 is 11.6 Å². The summed E-state index contributed by atoms with van der Waals surface area (Å²) in [6.45, 7) is 0.587. The number of aromatic carboxylic acids is 1. The van der Waals surface area contributed by atoms with E-state index in [-0.39, 0.29) is 17.5 Å². The molecule has 0 saturated heterocycles. The molecule has 0 atom stereocenters. The lowest BCUT2D eigenvalue weighted by molar-refractivity contribution is 0.0697. The Morgan fingerprint density at radius 2 is 1.83 bits per heavy atom. The van der Waals surface area contributed by atoms with E-state index in [2.05, 4.69) is 10.3 Å². The van der Waals surface area contributed by atoms with Crippen LogP contribution in [0.4, 0.5) is 11.4 Å². The number of carboxylic acid groups (broad SMARTS) is 1. The van der Waals surface area contributed by atoms with Crippen LogP contribution in [-0.4, -0.2) is 28.7 Å². The van der Waals surface area contributed by atoms with E-state index in [9.17, 15) is 9.90 Å². The van der Waals surface area contributed by atoms with Gasteiger partial charge in [-0.2, -0.15) is 4.99 Å². The molecule has 1 aliphatic heterocycles. The zero-order valence-electron chi connectivity index (χ0n) is 16.7. The molecule has 0 unspecified atom stereocenters. The largest absolute Gasteiger partial charge is 0.478 e. The van der Waals surface area contributed by atoms with E-state index in [0.717, 1.165) is 43.4 Å². The van der Waals surface area contributed by atoms with Gasteiger partial charge in [-0.1, -0.05) is 36.8 Å². The number of carboxylic acids is 1. The average molecular weight is 406 g/mol. The minimum atomic E-state index is -1.00. The topological polar surface area (TPSA) is 129 Å². The van der Waals surface area contributed by atoms with Gasteiger partial charge in [-0.15, -0.1) is 0 Å². The van der Waals surface area contributed by atoms with E-state index in [1.165, 1.54) is 0 Å². The first kappa shape index (κ1) is 19.8. The molecule has 156 valence electrons. The maximum Gasteiger partial charge on any atom is 0.335 e. The standard InChI is InChI=1S/C22H26N6O2/c23-20-26-21(24)28(22(27-20)11-5-2-6-12-22)18-13-16(19(29)30)9-10-17(18)25-14-15-7-3-1-4-8-15/h1,3-4,7-10,13,25H,2,5-6,11-12,14H2,(H,29,30)(H4,23,24,26,27). The number of rotatable bonds is 5. The Morgan fingerprint density at radius 3 is 2.53 bits per heavy atom. The number of nitrogens with two attached hydrogens (primary N) is 2. The van der Waals surface area contributed by atoms with Crippen LogP contribution in [0.25, 0.3) is 0 Å². The zero-order valence-corrected chi connectivity index (χ0v) is 16.7. The van der Waals surface area contributed by atoms with Crippen molar-refractivity contribution in [3.63, 3.8) is 0 Å². The van der Waals surface area contributed by atoms with E-state index in [4.69, 9.17) is 16.5 Å². The van der Waals surface area contributed by atoms with Crippen molar-refractivity contribution in [1.82, 2.24) is 0 Å². The second kappa shape index (κ2) is 8.06. The van der Waals surface area contributed by atoms with Crippen LogP contribution in [0.3, 0.4) is 0 Å². The third-order valence-corrected chi connectivity index (χ3v) is 5.66. The van der Waals surface area contributed by atoms with Gasteiger partial charge in [-0.3, -0.25) is 4.90 Å². The molecule has 0 aromatic heterocycles. The van der Waals surface area contributed by atoms with Crippen LogP contribution in [0.15, 0.2) is 58.5 Å². The highest BCUT2D eigenvalue weighted by molar-refractivity contribution is 6.08. The molecule has 1 heterocycles. The molecule has 0 amide bonds. The Hall–Kier alpha value is -3.55. The number of hydrogen-bond donors (Lipinski definition) is 4. The van der Waals surface area contributed by atoms with Gasteiger partial charge in [0.2, 0.25) is 11.9 Å². The van der Waals surface area contributed by atoms with Crippen LogP contribution in [0.5, 0.6) is 0 Å². The Kier molecular flexibility index (Phi) is 5.31. The summed E-state index contributed by atoms with van der Waals surface area (Å²) in [5.74, 6) is -0.604. The number of nitrogens with one attached hydrogen (secondary N) is 1. The summed E-state index contributed by atoms with van der Waals surface area (Å²) >= 11 is 0. The van der Waals surface area contributed by atoms with E-state index in [1.54, 1.807) is 18.2 Å². The lowest BCUT2D eigenvalue weighted by Gasteiger charge is -2.46. The van der Waals surface area contributed by atoms with E-state index in [1.807, 2.05) is 35.2 Å². The fourth-order valence-corrected chi connectivity index (χ4v) is 4.26. The molecular weight excluding hydrogens is 380 g/mol. The third-order valence-electron chi connectivity index (χ3n) is 5.66. The highest BCUT2D eigenvalue weighted by Crippen LogP contribution is 2.42. The Balaban J connectivity index is 1.77. The van der Waals surface area contributed by atoms with Crippen molar-refractivity contribution in [2.75, 3.05) is 10.2 Å². The minimum Gasteiger partial charge on any atom is -0.478 e. The number of benzene rings is 2. The van der Waals surface area contributed by atoms with Gasteiger partial charge >= 0.3 is 5.97 Å². The van der Waals surface area contributed by atoms with Crippen LogP contribution in [0, 0.1) is 0 Å². The summed E-state index contributed by atoms with van der Waals surface area (Å²) in [5, 5.41) is 13.0. The molecule has 4 rings (SSSR count). The van der Waals surface area contributed by atoms with Gasteiger partial charge in [0, 0.05) is 6.54 Å². The molecule has 1 saturated carbocycles. The second-order valence-electron chi connectivity index (χ2n) is 7.69. The van der Waals surface area contributed by atoms with Crippen molar-refractivity contribution in [3.8, 4) is 0 Å².